The second kappa shape index (κ2) is 13.1. The van der Waals surface area contributed by atoms with E-state index in [-0.39, 0.29) is 23.6 Å². The molecule has 0 aliphatic heterocycles. The van der Waals surface area contributed by atoms with Crippen LogP contribution in [0.25, 0.3) is 28.6 Å². The summed E-state index contributed by atoms with van der Waals surface area (Å²) in [6, 6.07) is 15.3. The van der Waals surface area contributed by atoms with Crippen LogP contribution in [-0.2, 0) is 22.4 Å². The standard InChI is InChI=1S/C32H35F3N6O2Si/c1-44(2,3)16-15-43-21-41-20-25(18-37-41)23-8-10-27(11-9-23)39-31-28(32(33,34)35)19-36-30(40-31)24-6-4-5-22(17-24)7-14-29(42)38-26-12-13-26/h4-11,14,17-20,26H,12-13,15-16,21H2,1-3H3,(H,38,42)(H,36,39,40)/b14-7+. The second-order valence-electron chi connectivity index (χ2n) is 12.0. The van der Waals surface area contributed by atoms with Gasteiger partial charge in [0, 0.05) is 56.0 Å². The Morgan fingerprint density at radius 2 is 1.84 bits per heavy atom. The first-order chi connectivity index (χ1) is 20.9. The smallest absolute Gasteiger partial charge is 0.360 e. The lowest BCUT2D eigenvalue weighted by atomic mass is 10.1. The fourth-order valence-corrected chi connectivity index (χ4v) is 5.01. The molecule has 0 spiro atoms. The number of alkyl halides is 3. The van der Waals surface area contributed by atoms with Crippen LogP contribution in [0.15, 0.2) is 73.2 Å². The number of nitrogens with zero attached hydrogens (tertiary/aromatic N) is 4. The number of carbonyl (C=O) groups is 1. The van der Waals surface area contributed by atoms with E-state index in [1.165, 1.54) is 6.08 Å². The van der Waals surface area contributed by atoms with Gasteiger partial charge in [-0.05, 0) is 54.3 Å². The molecular formula is C32H35F3N6O2Si. The zero-order chi connectivity index (χ0) is 31.3. The molecule has 1 fully saturated rings. The summed E-state index contributed by atoms with van der Waals surface area (Å²) in [4.78, 5) is 20.3. The van der Waals surface area contributed by atoms with Crippen LogP contribution >= 0.6 is 0 Å². The van der Waals surface area contributed by atoms with Gasteiger partial charge in [0.2, 0.25) is 5.91 Å². The normalized spacial score (nSPS) is 13.8. The molecule has 0 atom stereocenters. The molecular weight excluding hydrogens is 585 g/mol. The van der Waals surface area contributed by atoms with Crippen molar-refractivity contribution in [3.05, 3.63) is 84.3 Å². The molecule has 4 aromatic rings. The van der Waals surface area contributed by atoms with Gasteiger partial charge in [0.25, 0.3) is 0 Å². The summed E-state index contributed by atoms with van der Waals surface area (Å²) in [5, 5.41) is 10.1. The molecule has 2 aromatic heterocycles. The van der Waals surface area contributed by atoms with E-state index in [0.29, 0.717) is 30.2 Å². The third kappa shape index (κ3) is 8.86. The fourth-order valence-electron chi connectivity index (χ4n) is 4.26. The van der Waals surface area contributed by atoms with Crippen LogP contribution in [0.4, 0.5) is 24.7 Å². The van der Waals surface area contributed by atoms with Crippen molar-refractivity contribution in [1.29, 1.82) is 0 Å². The summed E-state index contributed by atoms with van der Waals surface area (Å²) in [6.45, 7) is 7.94. The molecule has 44 heavy (non-hydrogen) atoms. The minimum Gasteiger partial charge on any atom is -0.360 e. The molecule has 0 saturated heterocycles. The van der Waals surface area contributed by atoms with Gasteiger partial charge in [-0.15, -0.1) is 0 Å². The van der Waals surface area contributed by atoms with Crippen LogP contribution in [0.1, 0.15) is 24.0 Å². The number of ether oxygens (including phenoxy) is 1. The molecule has 1 amide bonds. The summed E-state index contributed by atoms with van der Waals surface area (Å²) in [6.07, 6.45) is 4.79. The SMILES string of the molecule is C[Si](C)(C)CCOCn1cc(-c2ccc(Nc3nc(-c4cccc(/C=C/C(=O)NC5CC5)c4)ncc3C(F)(F)F)cc2)cn1. The van der Waals surface area contributed by atoms with E-state index in [9.17, 15) is 18.0 Å². The topological polar surface area (TPSA) is 94.0 Å². The predicted octanol–water partition coefficient (Wildman–Crippen LogP) is 7.37. The maximum Gasteiger partial charge on any atom is 0.421 e. The first-order valence-corrected chi connectivity index (χ1v) is 18.1. The third-order valence-corrected chi connectivity index (χ3v) is 8.63. The Morgan fingerprint density at radius 1 is 1.07 bits per heavy atom. The number of hydrogen-bond acceptors (Lipinski definition) is 6. The highest BCUT2D eigenvalue weighted by Crippen LogP contribution is 2.36. The van der Waals surface area contributed by atoms with Gasteiger partial charge in [0.05, 0.1) is 6.20 Å². The van der Waals surface area contributed by atoms with Gasteiger partial charge in [-0.3, -0.25) is 4.79 Å². The van der Waals surface area contributed by atoms with Crippen molar-refractivity contribution in [2.75, 3.05) is 11.9 Å². The molecule has 0 unspecified atom stereocenters. The summed E-state index contributed by atoms with van der Waals surface area (Å²) in [7, 11) is -1.17. The van der Waals surface area contributed by atoms with Gasteiger partial charge in [0.15, 0.2) is 5.82 Å². The Labute approximate surface area is 255 Å². The summed E-state index contributed by atoms with van der Waals surface area (Å²) < 4.78 is 49.2. The number of aromatic nitrogens is 4. The van der Waals surface area contributed by atoms with Gasteiger partial charge in [-0.1, -0.05) is 50.0 Å². The Kier molecular flexibility index (Phi) is 9.30. The molecule has 0 bridgehead atoms. The van der Waals surface area contributed by atoms with Crippen molar-refractivity contribution in [3.8, 4) is 22.5 Å². The summed E-state index contributed by atoms with van der Waals surface area (Å²) >= 11 is 0. The highest BCUT2D eigenvalue weighted by atomic mass is 28.3. The second-order valence-corrected chi connectivity index (χ2v) is 17.6. The lowest BCUT2D eigenvalue weighted by Crippen LogP contribution is -2.22. The van der Waals surface area contributed by atoms with Crippen LogP contribution in [0.3, 0.4) is 0 Å². The number of halogens is 3. The predicted molar refractivity (Wildman–Crippen MR) is 168 cm³/mol. The fraction of sp³-hybridized carbons (Fsp3) is 0.312. The molecule has 2 heterocycles. The molecule has 1 aliphatic rings. The first kappa shape index (κ1) is 31.1. The molecule has 5 rings (SSSR count). The average Bonchev–Trinajstić information content (AvgIpc) is 3.66. The largest absolute Gasteiger partial charge is 0.421 e. The molecule has 2 aromatic carbocycles. The molecule has 230 valence electrons. The first-order valence-electron chi connectivity index (χ1n) is 14.4. The zero-order valence-electron chi connectivity index (χ0n) is 24.9. The highest BCUT2D eigenvalue weighted by molar-refractivity contribution is 6.76. The van der Waals surface area contributed by atoms with Crippen molar-refractivity contribution >= 4 is 31.6 Å². The number of hydrogen-bond donors (Lipinski definition) is 2. The van der Waals surface area contributed by atoms with E-state index in [4.69, 9.17) is 4.74 Å². The minimum atomic E-state index is -4.66. The summed E-state index contributed by atoms with van der Waals surface area (Å²) in [5.74, 6) is -0.422. The minimum absolute atomic E-state index is 0.120. The Bertz CT molecular complexity index is 1630. The van der Waals surface area contributed by atoms with Gasteiger partial charge in [-0.2, -0.15) is 18.3 Å². The molecule has 1 aliphatic carbocycles. The third-order valence-electron chi connectivity index (χ3n) is 6.92. The number of amides is 1. The van der Waals surface area contributed by atoms with E-state index in [1.807, 2.05) is 6.20 Å². The van der Waals surface area contributed by atoms with Crippen molar-refractivity contribution in [3.63, 3.8) is 0 Å². The van der Waals surface area contributed by atoms with E-state index >= 15 is 0 Å². The molecule has 12 heteroatoms. The maximum absolute atomic E-state index is 13.9. The molecule has 2 N–H and O–H groups in total. The van der Waals surface area contributed by atoms with Crippen LogP contribution < -0.4 is 10.6 Å². The van der Waals surface area contributed by atoms with Crippen molar-refractivity contribution < 1.29 is 22.7 Å². The number of benzene rings is 2. The zero-order valence-corrected chi connectivity index (χ0v) is 25.9. The molecule has 1 saturated carbocycles. The van der Waals surface area contributed by atoms with E-state index < -0.39 is 19.8 Å². The van der Waals surface area contributed by atoms with Gasteiger partial charge in [0.1, 0.15) is 18.1 Å². The molecule has 0 radical (unpaired) electrons. The Balaban J connectivity index is 1.29. The maximum atomic E-state index is 13.9. The lowest BCUT2D eigenvalue weighted by molar-refractivity contribution is -0.137. The van der Waals surface area contributed by atoms with Crippen LogP contribution in [0, 0.1) is 0 Å². The average molecular weight is 621 g/mol. The van der Waals surface area contributed by atoms with Gasteiger partial charge >= 0.3 is 6.18 Å². The summed E-state index contributed by atoms with van der Waals surface area (Å²) in [5.41, 5.74) is 2.40. The van der Waals surface area contributed by atoms with Crippen LogP contribution in [0.2, 0.25) is 25.7 Å². The van der Waals surface area contributed by atoms with E-state index in [1.54, 1.807) is 65.5 Å². The number of carbonyl (C=O) groups excluding carboxylic acids is 1. The van der Waals surface area contributed by atoms with Crippen molar-refractivity contribution in [2.45, 2.75) is 57.5 Å². The van der Waals surface area contributed by atoms with E-state index in [2.05, 4.69) is 45.3 Å². The number of rotatable bonds is 12. The number of anilines is 2. The van der Waals surface area contributed by atoms with Gasteiger partial charge < -0.3 is 15.4 Å². The van der Waals surface area contributed by atoms with Crippen molar-refractivity contribution in [2.24, 2.45) is 0 Å². The van der Waals surface area contributed by atoms with E-state index in [0.717, 1.165) is 36.2 Å². The van der Waals surface area contributed by atoms with Crippen LogP contribution in [0.5, 0.6) is 0 Å². The molecule has 8 nitrogen and oxygen atoms in total. The van der Waals surface area contributed by atoms with Gasteiger partial charge in [-0.25, -0.2) is 14.6 Å². The monoisotopic (exact) mass is 620 g/mol. The highest BCUT2D eigenvalue weighted by Gasteiger charge is 2.35. The van der Waals surface area contributed by atoms with Crippen LogP contribution in [-0.4, -0.2) is 46.4 Å². The number of nitrogens with one attached hydrogen (secondary N) is 2. The van der Waals surface area contributed by atoms with Crippen molar-refractivity contribution in [1.82, 2.24) is 25.1 Å². The quantitative estimate of drug-likeness (QED) is 0.0976. The Hall–Kier alpha value is -4.29. The lowest BCUT2D eigenvalue weighted by Gasteiger charge is -2.15. The Morgan fingerprint density at radius 3 is 2.55 bits per heavy atom.